The van der Waals surface area contributed by atoms with E-state index in [4.69, 9.17) is 5.73 Å². The summed E-state index contributed by atoms with van der Waals surface area (Å²) in [6.07, 6.45) is -2.20. The number of anilines is 2. The average molecular weight is 244 g/mol. The van der Waals surface area contributed by atoms with Crippen LogP contribution in [0.15, 0.2) is 18.2 Å². The van der Waals surface area contributed by atoms with Gasteiger partial charge in [0.25, 0.3) is 0 Å². The summed E-state index contributed by atoms with van der Waals surface area (Å²) in [4.78, 5) is 0. The van der Waals surface area contributed by atoms with Crippen molar-refractivity contribution < 1.29 is 13.2 Å². The van der Waals surface area contributed by atoms with Gasteiger partial charge < -0.3 is 11.1 Å². The van der Waals surface area contributed by atoms with Crippen LogP contribution in [-0.4, -0.2) is 6.04 Å². The van der Waals surface area contributed by atoms with E-state index in [1.807, 2.05) is 6.92 Å². The molecule has 0 bridgehead atoms. The second-order valence-corrected chi connectivity index (χ2v) is 4.57. The summed E-state index contributed by atoms with van der Waals surface area (Å²) in [6.45, 7) is 1.91. The highest BCUT2D eigenvalue weighted by Gasteiger charge is 2.35. The molecule has 0 aliphatic heterocycles. The minimum Gasteiger partial charge on any atom is -0.399 e. The van der Waals surface area contributed by atoms with Gasteiger partial charge in [-0.1, -0.05) is 0 Å². The highest BCUT2D eigenvalue weighted by atomic mass is 19.4. The first-order valence-corrected chi connectivity index (χ1v) is 5.61. The summed E-state index contributed by atoms with van der Waals surface area (Å²) in [5, 5.41) is 2.93. The fraction of sp³-hybridized carbons (Fsp3) is 0.500. The van der Waals surface area contributed by atoms with E-state index in [0.29, 0.717) is 5.92 Å². The molecule has 5 heteroatoms. The van der Waals surface area contributed by atoms with E-state index < -0.39 is 11.7 Å². The summed E-state index contributed by atoms with van der Waals surface area (Å²) in [5.41, 5.74) is 4.95. The predicted molar refractivity (Wildman–Crippen MR) is 61.7 cm³/mol. The van der Waals surface area contributed by atoms with E-state index in [9.17, 15) is 13.2 Å². The Labute approximate surface area is 98.0 Å². The van der Waals surface area contributed by atoms with Crippen molar-refractivity contribution in [2.45, 2.75) is 32.0 Å². The quantitative estimate of drug-likeness (QED) is 0.799. The maximum Gasteiger partial charge on any atom is 0.418 e. The molecule has 0 heterocycles. The van der Waals surface area contributed by atoms with Gasteiger partial charge in [0.05, 0.1) is 5.56 Å². The Morgan fingerprint density at radius 2 is 2.00 bits per heavy atom. The van der Waals surface area contributed by atoms with Gasteiger partial charge in [-0.05, 0) is 43.9 Å². The number of nitrogens with two attached hydrogens (primary N) is 1. The molecule has 17 heavy (non-hydrogen) atoms. The van der Waals surface area contributed by atoms with Gasteiger partial charge >= 0.3 is 6.18 Å². The van der Waals surface area contributed by atoms with Gasteiger partial charge in [0.2, 0.25) is 0 Å². The first kappa shape index (κ1) is 12.1. The first-order chi connectivity index (χ1) is 7.88. The number of alkyl halides is 3. The third kappa shape index (κ3) is 2.84. The van der Waals surface area contributed by atoms with Crippen LogP contribution in [0.2, 0.25) is 0 Å². The van der Waals surface area contributed by atoms with Crippen LogP contribution < -0.4 is 11.1 Å². The molecule has 0 aromatic heterocycles. The standard InChI is InChI=1S/C12H15F3N2/c1-7(8-2-3-8)17-11-5-4-9(16)6-10(11)12(13,14)15/h4-8,17H,2-3,16H2,1H3. The molecule has 2 nitrogen and oxygen atoms in total. The topological polar surface area (TPSA) is 38.0 Å². The molecule has 1 aliphatic carbocycles. The van der Waals surface area contributed by atoms with E-state index in [0.717, 1.165) is 18.9 Å². The molecule has 0 spiro atoms. The molecule has 1 aliphatic rings. The van der Waals surface area contributed by atoms with Crippen LogP contribution in [0.1, 0.15) is 25.3 Å². The zero-order valence-electron chi connectivity index (χ0n) is 9.51. The molecule has 0 amide bonds. The van der Waals surface area contributed by atoms with Gasteiger partial charge in [0.1, 0.15) is 0 Å². The number of nitrogens with one attached hydrogen (secondary N) is 1. The average Bonchev–Trinajstić information content (AvgIpc) is 3.02. The van der Waals surface area contributed by atoms with E-state index >= 15 is 0 Å². The second-order valence-electron chi connectivity index (χ2n) is 4.57. The van der Waals surface area contributed by atoms with Crippen LogP contribution in [0.3, 0.4) is 0 Å². The summed E-state index contributed by atoms with van der Waals surface area (Å²) in [5.74, 6) is 0.494. The number of hydrogen-bond acceptors (Lipinski definition) is 2. The maximum absolute atomic E-state index is 12.8. The molecule has 1 unspecified atom stereocenters. The van der Waals surface area contributed by atoms with E-state index in [1.165, 1.54) is 12.1 Å². The highest BCUT2D eigenvalue weighted by Crippen LogP contribution is 2.39. The van der Waals surface area contributed by atoms with Crippen molar-refractivity contribution in [2.24, 2.45) is 5.92 Å². The number of benzene rings is 1. The van der Waals surface area contributed by atoms with Crippen LogP contribution in [0.5, 0.6) is 0 Å². The van der Waals surface area contributed by atoms with E-state index in [1.54, 1.807) is 0 Å². The molecule has 1 atom stereocenters. The van der Waals surface area contributed by atoms with Gasteiger partial charge in [-0.3, -0.25) is 0 Å². The van der Waals surface area contributed by atoms with Gasteiger partial charge in [0.15, 0.2) is 0 Å². The van der Waals surface area contributed by atoms with Crippen LogP contribution in [0.25, 0.3) is 0 Å². The Bertz CT molecular complexity index is 411. The van der Waals surface area contributed by atoms with Crippen molar-refractivity contribution in [2.75, 3.05) is 11.1 Å². The van der Waals surface area contributed by atoms with Crippen molar-refractivity contribution in [3.05, 3.63) is 23.8 Å². The fourth-order valence-corrected chi connectivity index (χ4v) is 1.88. The summed E-state index contributed by atoms with van der Waals surface area (Å²) in [7, 11) is 0. The van der Waals surface area contributed by atoms with Crippen molar-refractivity contribution in [3.63, 3.8) is 0 Å². The third-order valence-corrected chi connectivity index (χ3v) is 3.06. The van der Waals surface area contributed by atoms with Crippen LogP contribution in [0.4, 0.5) is 24.5 Å². The van der Waals surface area contributed by atoms with Gasteiger partial charge in [-0.15, -0.1) is 0 Å². The van der Waals surface area contributed by atoms with Gasteiger partial charge in [-0.25, -0.2) is 0 Å². The van der Waals surface area contributed by atoms with Gasteiger partial charge in [-0.2, -0.15) is 13.2 Å². The van der Waals surface area contributed by atoms with E-state index in [2.05, 4.69) is 5.32 Å². The zero-order valence-corrected chi connectivity index (χ0v) is 9.51. The first-order valence-electron chi connectivity index (χ1n) is 5.61. The molecule has 1 aromatic carbocycles. The fourth-order valence-electron chi connectivity index (χ4n) is 1.88. The molecule has 2 rings (SSSR count). The minimum absolute atomic E-state index is 0.0692. The zero-order chi connectivity index (χ0) is 12.6. The molecule has 94 valence electrons. The Balaban J connectivity index is 2.25. The second kappa shape index (κ2) is 4.13. The normalized spacial score (nSPS) is 17.9. The monoisotopic (exact) mass is 244 g/mol. The molecule has 0 saturated heterocycles. The van der Waals surface area contributed by atoms with Crippen molar-refractivity contribution in [3.8, 4) is 0 Å². The Kier molecular flexibility index (Phi) is 2.93. The molecule has 0 radical (unpaired) electrons. The Morgan fingerprint density at radius 3 is 2.53 bits per heavy atom. The molecular weight excluding hydrogens is 229 g/mol. The number of rotatable bonds is 3. The molecule has 1 fully saturated rings. The van der Waals surface area contributed by atoms with Crippen LogP contribution >= 0.6 is 0 Å². The predicted octanol–water partition coefficient (Wildman–Crippen LogP) is 3.50. The Hall–Kier alpha value is -1.39. The molecule has 1 aromatic rings. The van der Waals surface area contributed by atoms with E-state index in [-0.39, 0.29) is 17.4 Å². The molecule has 3 N–H and O–H groups in total. The molecule has 1 saturated carbocycles. The number of nitrogen functional groups attached to an aromatic ring is 1. The van der Waals surface area contributed by atoms with Crippen molar-refractivity contribution in [1.29, 1.82) is 0 Å². The lowest BCUT2D eigenvalue weighted by atomic mass is 10.1. The van der Waals surface area contributed by atoms with Gasteiger partial charge in [0, 0.05) is 17.4 Å². The lowest BCUT2D eigenvalue weighted by molar-refractivity contribution is -0.136. The lowest BCUT2D eigenvalue weighted by Crippen LogP contribution is -2.20. The van der Waals surface area contributed by atoms with Crippen molar-refractivity contribution >= 4 is 11.4 Å². The number of hydrogen-bond donors (Lipinski definition) is 2. The van der Waals surface area contributed by atoms with Crippen LogP contribution in [0, 0.1) is 5.92 Å². The highest BCUT2D eigenvalue weighted by molar-refractivity contribution is 5.59. The largest absolute Gasteiger partial charge is 0.418 e. The SMILES string of the molecule is CC(Nc1ccc(N)cc1C(F)(F)F)C1CC1. The Morgan fingerprint density at radius 1 is 1.35 bits per heavy atom. The number of halogens is 3. The minimum atomic E-state index is -4.37. The van der Waals surface area contributed by atoms with Crippen molar-refractivity contribution in [1.82, 2.24) is 0 Å². The maximum atomic E-state index is 12.8. The molecular formula is C12H15F3N2. The summed E-state index contributed by atoms with van der Waals surface area (Å²) < 4.78 is 38.4. The van der Waals surface area contributed by atoms with Crippen LogP contribution in [-0.2, 0) is 6.18 Å². The smallest absolute Gasteiger partial charge is 0.399 e. The lowest BCUT2D eigenvalue weighted by Gasteiger charge is -2.19. The third-order valence-electron chi connectivity index (χ3n) is 3.06. The summed E-state index contributed by atoms with van der Waals surface area (Å²) in [6, 6.07) is 3.93. The summed E-state index contributed by atoms with van der Waals surface area (Å²) >= 11 is 0.